The summed E-state index contributed by atoms with van der Waals surface area (Å²) < 4.78 is 13.0. The summed E-state index contributed by atoms with van der Waals surface area (Å²) in [6.07, 6.45) is 0.675. The average molecular weight is 238 g/mol. The molecule has 0 radical (unpaired) electrons. The van der Waals surface area contributed by atoms with Crippen LogP contribution in [-0.4, -0.2) is 12.5 Å². The summed E-state index contributed by atoms with van der Waals surface area (Å²) in [7, 11) is 0. The van der Waals surface area contributed by atoms with Gasteiger partial charge in [0, 0.05) is 12.5 Å². The van der Waals surface area contributed by atoms with E-state index in [1.807, 2.05) is 6.92 Å². The summed E-state index contributed by atoms with van der Waals surface area (Å²) in [6, 6.07) is 4.83. The minimum Gasteiger partial charge on any atom is -0.352 e. The Morgan fingerprint density at radius 1 is 1.53 bits per heavy atom. The van der Waals surface area contributed by atoms with Gasteiger partial charge >= 0.3 is 0 Å². The fourth-order valence-corrected chi connectivity index (χ4v) is 1.56. The summed E-state index contributed by atoms with van der Waals surface area (Å²) >= 11 is 0. The van der Waals surface area contributed by atoms with Crippen molar-refractivity contribution in [2.45, 2.75) is 26.8 Å². The van der Waals surface area contributed by atoms with Gasteiger partial charge in [-0.3, -0.25) is 4.79 Å². The largest absolute Gasteiger partial charge is 0.352 e. The fourth-order valence-electron chi connectivity index (χ4n) is 1.56. The van der Waals surface area contributed by atoms with Gasteiger partial charge in [-0.1, -0.05) is 19.1 Å². The zero-order valence-electron chi connectivity index (χ0n) is 10.3. The number of hydrogen-bond acceptors (Lipinski definition) is 2. The summed E-state index contributed by atoms with van der Waals surface area (Å²) in [6.45, 7) is 4.48. The van der Waals surface area contributed by atoms with Crippen LogP contribution < -0.4 is 11.1 Å². The Balaban J connectivity index is 2.50. The lowest BCUT2D eigenvalue weighted by Gasteiger charge is -2.11. The second kappa shape index (κ2) is 6.35. The molecule has 3 N–H and O–H groups in total. The fraction of sp³-hybridized carbons (Fsp3) is 0.462. The van der Waals surface area contributed by atoms with E-state index in [1.165, 1.54) is 6.07 Å². The third kappa shape index (κ3) is 4.15. The molecule has 0 aliphatic carbocycles. The highest BCUT2D eigenvalue weighted by atomic mass is 19.1. The van der Waals surface area contributed by atoms with Gasteiger partial charge in [-0.05, 0) is 37.1 Å². The number of carbonyl (C=O) groups excluding carboxylic acids is 1. The molecule has 1 aromatic carbocycles. The molecular weight excluding hydrogens is 219 g/mol. The number of amides is 1. The first-order valence-electron chi connectivity index (χ1n) is 5.77. The molecule has 1 amide bonds. The Morgan fingerprint density at radius 3 is 2.82 bits per heavy atom. The van der Waals surface area contributed by atoms with Crippen molar-refractivity contribution in [3.8, 4) is 0 Å². The molecule has 1 aromatic rings. The molecule has 0 saturated carbocycles. The van der Waals surface area contributed by atoms with Gasteiger partial charge in [-0.2, -0.15) is 0 Å². The molecule has 17 heavy (non-hydrogen) atoms. The Bertz CT molecular complexity index is 393. The number of benzene rings is 1. The molecule has 0 saturated heterocycles. The van der Waals surface area contributed by atoms with E-state index in [9.17, 15) is 9.18 Å². The SMILES string of the molecule is Cc1cc(CNC(=O)C(C)CCN)ccc1F. The molecule has 0 aromatic heterocycles. The molecule has 3 nitrogen and oxygen atoms in total. The lowest BCUT2D eigenvalue weighted by Crippen LogP contribution is -2.29. The molecule has 0 heterocycles. The van der Waals surface area contributed by atoms with E-state index in [0.29, 0.717) is 25.1 Å². The van der Waals surface area contributed by atoms with E-state index in [2.05, 4.69) is 5.32 Å². The second-order valence-corrected chi connectivity index (χ2v) is 4.28. The van der Waals surface area contributed by atoms with Gasteiger partial charge in [0.05, 0.1) is 0 Å². The van der Waals surface area contributed by atoms with Crippen molar-refractivity contribution in [1.29, 1.82) is 0 Å². The van der Waals surface area contributed by atoms with Gasteiger partial charge in [0.2, 0.25) is 5.91 Å². The van der Waals surface area contributed by atoms with Crippen molar-refractivity contribution in [3.05, 3.63) is 35.1 Å². The monoisotopic (exact) mass is 238 g/mol. The maximum Gasteiger partial charge on any atom is 0.223 e. The molecule has 0 fully saturated rings. The molecule has 1 unspecified atom stereocenters. The third-order valence-electron chi connectivity index (χ3n) is 2.74. The van der Waals surface area contributed by atoms with Gasteiger partial charge in [-0.15, -0.1) is 0 Å². The molecule has 1 rings (SSSR count). The van der Waals surface area contributed by atoms with E-state index in [-0.39, 0.29) is 17.6 Å². The molecule has 0 aliphatic rings. The van der Waals surface area contributed by atoms with Crippen LogP contribution >= 0.6 is 0 Å². The van der Waals surface area contributed by atoms with Crippen LogP contribution in [0.25, 0.3) is 0 Å². The standard InChI is InChI=1S/C13H19FN2O/c1-9(5-6-15)13(17)16-8-11-3-4-12(14)10(2)7-11/h3-4,7,9H,5-6,8,15H2,1-2H3,(H,16,17). The topological polar surface area (TPSA) is 55.1 Å². The molecule has 4 heteroatoms. The van der Waals surface area contributed by atoms with E-state index >= 15 is 0 Å². The van der Waals surface area contributed by atoms with Crippen molar-refractivity contribution < 1.29 is 9.18 Å². The second-order valence-electron chi connectivity index (χ2n) is 4.28. The minimum atomic E-state index is -0.225. The highest BCUT2D eigenvalue weighted by Gasteiger charge is 2.11. The van der Waals surface area contributed by atoms with E-state index in [0.717, 1.165) is 5.56 Å². The van der Waals surface area contributed by atoms with Crippen LogP contribution in [0.2, 0.25) is 0 Å². The number of hydrogen-bond donors (Lipinski definition) is 2. The van der Waals surface area contributed by atoms with Crippen LogP contribution in [-0.2, 0) is 11.3 Å². The maximum atomic E-state index is 13.0. The number of halogens is 1. The number of nitrogens with two attached hydrogens (primary N) is 1. The minimum absolute atomic E-state index is 0.0163. The zero-order valence-corrected chi connectivity index (χ0v) is 10.3. The number of aryl methyl sites for hydroxylation is 1. The average Bonchev–Trinajstić information content (AvgIpc) is 2.30. The predicted octanol–water partition coefficient (Wildman–Crippen LogP) is 1.74. The van der Waals surface area contributed by atoms with Gasteiger partial charge < -0.3 is 11.1 Å². The van der Waals surface area contributed by atoms with Crippen molar-refractivity contribution >= 4 is 5.91 Å². The van der Waals surface area contributed by atoms with Crippen LogP contribution in [0.5, 0.6) is 0 Å². The van der Waals surface area contributed by atoms with E-state index in [1.54, 1.807) is 19.1 Å². The highest BCUT2D eigenvalue weighted by molar-refractivity contribution is 5.78. The first-order chi connectivity index (χ1) is 8.04. The van der Waals surface area contributed by atoms with Crippen LogP contribution in [0.4, 0.5) is 4.39 Å². The van der Waals surface area contributed by atoms with Crippen LogP contribution in [0.1, 0.15) is 24.5 Å². The molecule has 1 atom stereocenters. The van der Waals surface area contributed by atoms with Crippen molar-refractivity contribution in [1.82, 2.24) is 5.32 Å². The Kier molecular flexibility index (Phi) is 5.10. The summed E-state index contributed by atoms with van der Waals surface area (Å²) in [4.78, 5) is 11.6. The Labute approximate surface area is 101 Å². The number of rotatable bonds is 5. The molecule has 0 bridgehead atoms. The maximum absolute atomic E-state index is 13.0. The molecule has 0 spiro atoms. The van der Waals surface area contributed by atoms with Gasteiger partial charge in [0.1, 0.15) is 5.82 Å². The third-order valence-corrected chi connectivity index (χ3v) is 2.74. The van der Waals surface area contributed by atoms with Crippen LogP contribution in [0.3, 0.4) is 0 Å². The van der Waals surface area contributed by atoms with E-state index < -0.39 is 0 Å². The van der Waals surface area contributed by atoms with Gasteiger partial charge in [0.15, 0.2) is 0 Å². The first kappa shape index (κ1) is 13.6. The van der Waals surface area contributed by atoms with Gasteiger partial charge in [0.25, 0.3) is 0 Å². The lowest BCUT2D eigenvalue weighted by molar-refractivity contribution is -0.124. The number of carbonyl (C=O) groups is 1. The normalized spacial score (nSPS) is 12.2. The number of nitrogens with one attached hydrogen (secondary N) is 1. The smallest absolute Gasteiger partial charge is 0.223 e. The van der Waals surface area contributed by atoms with Gasteiger partial charge in [-0.25, -0.2) is 4.39 Å². The van der Waals surface area contributed by atoms with Crippen molar-refractivity contribution in [2.75, 3.05) is 6.54 Å². The first-order valence-corrected chi connectivity index (χ1v) is 5.77. The highest BCUT2D eigenvalue weighted by Crippen LogP contribution is 2.09. The molecular formula is C13H19FN2O. The molecule has 0 aliphatic heterocycles. The van der Waals surface area contributed by atoms with Crippen LogP contribution in [0.15, 0.2) is 18.2 Å². The quantitative estimate of drug-likeness (QED) is 0.821. The molecule has 94 valence electrons. The summed E-state index contributed by atoms with van der Waals surface area (Å²) in [5.41, 5.74) is 6.88. The van der Waals surface area contributed by atoms with Crippen molar-refractivity contribution in [2.24, 2.45) is 11.7 Å². The predicted molar refractivity (Wildman–Crippen MR) is 65.8 cm³/mol. The Morgan fingerprint density at radius 2 is 2.24 bits per heavy atom. The lowest BCUT2D eigenvalue weighted by atomic mass is 10.1. The summed E-state index contributed by atoms with van der Waals surface area (Å²) in [5, 5.41) is 2.81. The van der Waals surface area contributed by atoms with Crippen molar-refractivity contribution in [3.63, 3.8) is 0 Å². The van der Waals surface area contributed by atoms with Crippen LogP contribution in [0, 0.1) is 18.7 Å². The van der Waals surface area contributed by atoms with E-state index in [4.69, 9.17) is 5.73 Å². The zero-order chi connectivity index (χ0) is 12.8. The summed E-state index contributed by atoms with van der Waals surface area (Å²) in [5.74, 6) is -0.324. The Hall–Kier alpha value is -1.42.